The van der Waals surface area contributed by atoms with Gasteiger partial charge in [0.2, 0.25) is 5.95 Å². The average Bonchev–Trinajstić information content (AvgIpc) is 3.14. The lowest BCUT2D eigenvalue weighted by Gasteiger charge is -2.28. The van der Waals surface area contributed by atoms with Crippen LogP contribution < -0.4 is 5.32 Å². The van der Waals surface area contributed by atoms with E-state index in [1.54, 1.807) is 25.1 Å². The van der Waals surface area contributed by atoms with Crippen LogP contribution >= 0.6 is 0 Å². The van der Waals surface area contributed by atoms with Crippen LogP contribution in [-0.2, 0) is 9.53 Å². The Bertz CT molecular complexity index is 846. The molecule has 0 spiro atoms. The number of unbranched alkanes of at least 4 members (excludes halogenated alkanes) is 5. The number of halogens is 1. The highest BCUT2D eigenvalue weighted by atomic mass is 19.1. The largest absolute Gasteiger partial charge is 0.462 e. The minimum absolute atomic E-state index is 0.356. The number of aromatic nitrogens is 3. The maximum atomic E-state index is 14.5. The minimum Gasteiger partial charge on any atom is -0.462 e. The van der Waals surface area contributed by atoms with Crippen LogP contribution in [0.15, 0.2) is 41.9 Å². The fourth-order valence-electron chi connectivity index (χ4n) is 3.46. The zero-order valence-corrected chi connectivity index (χ0v) is 16.4. The molecule has 6 nitrogen and oxygen atoms in total. The molecule has 2 heterocycles. The highest BCUT2D eigenvalue weighted by Gasteiger charge is 2.35. The monoisotopic (exact) mass is 386 g/mol. The molecule has 28 heavy (non-hydrogen) atoms. The maximum Gasteiger partial charge on any atom is 0.338 e. The van der Waals surface area contributed by atoms with Gasteiger partial charge in [0, 0.05) is 11.3 Å². The van der Waals surface area contributed by atoms with Crippen molar-refractivity contribution >= 4 is 11.9 Å². The number of esters is 1. The van der Waals surface area contributed by atoms with Crippen LogP contribution in [0.3, 0.4) is 0 Å². The SMILES string of the molecule is CCCCCCCCOC(=O)C1=C(C)Nc2ncnn2C1c1ccccc1F. The molecule has 2 aromatic rings. The van der Waals surface area contributed by atoms with Gasteiger partial charge in [-0.3, -0.25) is 0 Å². The van der Waals surface area contributed by atoms with Gasteiger partial charge in [-0.05, 0) is 19.4 Å². The Labute approximate surface area is 164 Å². The standard InChI is InChI=1S/C21H27FN4O2/c1-3-4-5-6-7-10-13-28-20(27)18-15(2)25-21-23-14-24-26(21)19(18)16-11-8-9-12-17(16)22/h8-9,11-12,14,19H,3-7,10,13H2,1-2H3,(H,23,24,25). The second kappa shape index (κ2) is 9.48. The number of benzene rings is 1. The zero-order chi connectivity index (χ0) is 19.9. The topological polar surface area (TPSA) is 69.0 Å². The van der Waals surface area contributed by atoms with Crippen LogP contribution in [0.4, 0.5) is 10.3 Å². The molecule has 1 aliphatic heterocycles. The number of ether oxygens (including phenoxy) is 1. The molecule has 7 heteroatoms. The third-order valence-electron chi connectivity index (χ3n) is 4.95. The molecular formula is C21H27FN4O2. The van der Waals surface area contributed by atoms with Crippen molar-refractivity contribution in [3.05, 3.63) is 53.2 Å². The van der Waals surface area contributed by atoms with Crippen LogP contribution in [0.25, 0.3) is 0 Å². The first-order chi connectivity index (χ1) is 13.6. The molecule has 0 aliphatic carbocycles. The van der Waals surface area contributed by atoms with E-state index in [1.807, 2.05) is 0 Å². The summed E-state index contributed by atoms with van der Waals surface area (Å²) in [4.78, 5) is 17.0. The normalized spacial score (nSPS) is 15.9. The van der Waals surface area contributed by atoms with Crippen molar-refractivity contribution in [1.82, 2.24) is 14.8 Å². The molecule has 150 valence electrons. The summed E-state index contributed by atoms with van der Waals surface area (Å²) < 4.78 is 21.6. The van der Waals surface area contributed by atoms with Crippen molar-refractivity contribution in [2.24, 2.45) is 0 Å². The minimum atomic E-state index is -0.711. The van der Waals surface area contributed by atoms with Gasteiger partial charge >= 0.3 is 5.97 Å². The third kappa shape index (κ3) is 4.40. The van der Waals surface area contributed by atoms with Gasteiger partial charge in [-0.15, -0.1) is 0 Å². The Balaban J connectivity index is 1.74. The van der Waals surface area contributed by atoms with Crippen molar-refractivity contribution in [1.29, 1.82) is 0 Å². The van der Waals surface area contributed by atoms with Gasteiger partial charge < -0.3 is 10.1 Å². The number of hydrogen-bond acceptors (Lipinski definition) is 5. The van der Waals surface area contributed by atoms with Crippen molar-refractivity contribution < 1.29 is 13.9 Å². The summed E-state index contributed by atoms with van der Waals surface area (Å²) in [7, 11) is 0. The second-order valence-corrected chi connectivity index (χ2v) is 7.02. The first-order valence-corrected chi connectivity index (χ1v) is 9.92. The van der Waals surface area contributed by atoms with E-state index in [1.165, 1.54) is 36.3 Å². The number of carbonyl (C=O) groups is 1. The highest BCUT2D eigenvalue weighted by Crippen LogP contribution is 2.36. The number of rotatable bonds is 9. The van der Waals surface area contributed by atoms with Crippen molar-refractivity contribution in [3.8, 4) is 0 Å². The van der Waals surface area contributed by atoms with E-state index in [-0.39, 0.29) is 0 Å². The first kappa shape index (κ1) is 20.0. The van der Waals surface area contributed by atoms with Crippen LogP contribution in [0.2, 0.25) is 0 Å². The second-order valence-electron chi connectivity index (χ2n) is 7.02. The van der Waals surface area contributed by atoms with Gasteiger partial charge in [-0.1, -0.05) is 57.2 Å². The number of anilines is 1. The molecule has 1 aromatic carbocycles. The summed E-state index contributed by atoms with van der Waals surface area (Å²) in [5.74, 6) is -0.379. The van der Waals surface area contributed by atoms with Crippen LogP contribution in [0.1, 0.15) is 64.0 Å². The number of nitrogens with one attached hydrogen (secondary N) is 1. The van der Waals surface area contributed by atoms with E-state index in [2.05, 4.69) is 22.3 Å². The summed E-state index contributed by atoms with van der Waals surface area (Å²) in [6.07, 6.45) is 8.05. The van der Waals surface area contributed by atoms with Gasteiger partial charge in [-0.25, -0.2) is 13.9 Å². The van der Waals surface area contributed by atoms with Gasteiger partial charge in [-0.2, -0.15) is 10.1 Å². The molecule has 0 bridgehead atoms. The Morgan fingerprint density at radius 2 is 1.96 bits per heavy atom. The van der Waals surface area contributed by atoms with Crippen LogP contribution in [-0.4, -0.2) is 27.3 Å². The molecule has 1 unspecified atom stereocenters. The molecule has 1 aliphatic rings. The Kier molecular flexibility index (Phi) is 6.79. The van der Waals surface area contributed by atoms with E-state index in [4.69, 9.17) is 4.74 Å². The van der Waals surface area contributed by atoms with Gasteiger partial charge in [0.1, 0.15) is 18.2 Å². The molecule has 0 saturated heterocycles. The number of allylic oxidation sites excluding steroid dienone is 1. The van der Waals surface area contributed by atoms with E-state index >= 15 is 0 Å². The molecule has 0 radical (unpaired) electrons. The number of fused-ring (bicyclic) bond motifs is 1. The first-order valence-electron chi connectivity index (χ1n) is 9.92. The quantitative estimate of drug-likeness (QED) is 0.503. The third-order valence-corrected chi connectivity index (χ3v) is 4.95. The zero-order valence-electron chi connectivity index (χ0n) is 16.4. The van der Waals surface area contributed by atoms with Gasteiger partial charge in [0.05, 0.1) is 12.2 Å². The molecule has 0 saturated carbocycles. The molecule has 1 aromatic heterocycles. The van der Waals surface area contributed by atoms with Gasteiger partial charge in [0.25, 0.3) is 0 Å². The lowest BCUT2D eigenvalue weighted by Crippen LogP contribution is -2.30. The molecular weight excluding hydrogens is 359 g/mol. The van der Waals surface area contributed by atoms with Crippen molar-refractivity contribution in [2.75, 3.05) is 11.9 Å². The predicted molar refractivity (Wildman–Crippen MR) is 105 cm³/mol. The smallest absolute Gasteiger partial charge is 0.338 e. The Morgan fingerprint density at radius 3 is 2.75 bits per heavy atom. The number of carbonyl (C=O) groups excluding carboxylic acids is 1. The van der Waals surface area contributed by atoms with E-state index in [0.717, 1.165) is 19.3 Å². The van der Waals surface area contributed by atoms with Gasteiger partial charge in [0.15, 0.2) is 0 Å². The fourth-order valence-corrected chi connectivity index (χ4v) is 3.46. The average molecular weight is 386 g/mol. The number of nitrogens with zero attached hydrogens (tertiary/aromatic N) is 3. The Hall–Kier alpha value is -2.70. The Morgan fingerprint density at radius 1 is 1.21 bits per heavy atom. The van der Waals surface area contributed by atoms with Crippen LogP contribution in [0.5, 0.6) is 0 Å². The summed E-state index contributed by atoms with van der Waals surface area (Å²) in [6, 6.07) is 5.69. The summed E-state index contributed by atoms with van der Waals surface area (Å²) >= 11 is 0. The summed E-state index contributed by atoms with van der Waals surface area (Å²) in [5, 5.41) is 7.26. The lowest BCUT2D eigenvalue weighted by molar-refractivity contribution is -0.139. The molecule has 0 amide bonds. The molecule has 1 N–H and O–H groups in total. The molecule has 3 rings (SSSR count). The predicted octanol–water partition coefficient (Wildman–Crippen LogP) is 4.61. The lowest BCUT2D eigenvalue weighted by atomic mass is 9.95. The van der Waals surface area contributed by atoms with Crippen LogP contribution in [0, 0.1) is 5.82 Å². The van der Waals surface area contributed by atoms with E-state index in [0.29, 0.717) is 29.4 Å². The van der Waals surface area contributed by atoms with E-state index < -0.39 is 17.8 Å². The summed E-state index contributed by atoms with van der Waals surface area (Å²) in [6.45, 7) is 4.31. The van der Waals surface area contributed by atoms with E-state index in [9.17, 15) is 9.18 Å². The maximum absolute atomic E-state index is 14.5. The fraction of sp³-hybridized carbons (Fsp3) is 0.476. The summed E-state index contributed by atoms with van der Waals surface area (Å²) in [5.41, 5.74) is 1.32. The number of hydrogen-bond donors (Lipinski definition) is 1. The molecule has 1 atom stereocenters. The van der Waals surface area contributed by atoms with Crippen molar-refractivity contribution in [2.45, 2.75) is 58.4 Å². The van der Waals surface area contributed by atoms with Crippen molar-refractivity contribution in [3.63, 3.8) is 0 Å². The molecule has 0 fully saturated rings. The highest BCUT2D eigenvalue weighted by molar-refractivity contribution is 5.92.